The Morgan fingerprint density at radius 3 is 1.62 bits per heavy atom. The lowest BCUT2D eigenvalue weighted by Crippen LogP contribution is -1.93. The Hall–Kier alpha value is -5.27. The molecular formula is C39H25N. The minimum atomic E-state index is 1.01. The van der Waals surface area contributed by atoms with Crippen LogP contribution in [0.4, 0.5) is 0 Å². The first-order valence-electron chi connectivity index (χ1n) is 13.7. The fourth-order valence-corrected chi connectivity index (χ4v) is 6.23. The Morgan fingerprint density at radius 1 is 0.350 bits per heavy atom. The molecule has 0 fully saturated rings. The van der Waals surface area contributed by atoms with E-state index in [-0.39, 0.29) is 0 Å². The molecule has 1 aromatic heterocycles. The lowest BCUT2D eigenvalue weighted by atomic mass is 9.85. The highest BCUT2D eigenvalue weighted by Gasteiger charge is 2.19. The first-order chi connectivity index (χ1) is 19.8. The second-order valence-corrected chi connectivity index (χ2v) is 10.4. The smallest absolute Gasteiger partial charge is 0.0708 e. The maximum absolute atomic E-state index is 4.94. The average Bonchev–Trinajstić information content (AvgIpc) is 3.04. The summed E-state index contributed by atoms with van der Waals surface area (Å²) in [4.78, 5) is 4.94. The molecule has 8 aromatic rings. The van der Waals surface area contributed by atoms with Gasteiger partial charge in [0.1, 0.15) is 0 Å². The van der Waals surface area contributed by atoms with Gasteiger partial charge in [0.15, 0.2) is 0 Å². The van der Waals surface area contributed by atoms with Crippen molar-refractivity contribution in [1.29, 1.82) is 0 Å². The van der Waals surface area contributed by atoms with Crippen molar-refractivity contribution in [2.45, 2.75) is 0 Å². The van der Waals surface area contributed by atoms with Gasteiger partial charge in [-0.05, 0) is 73.1 Å². The minimum absolute atomic E-state index is 1.01. The van der Waals surface area contributed by atoms with Crippen molar-refractivity contribution in [3.05, 3.63) is 152 Å². The molecule has 1 heteroatoms. The molecule has 1 heterocycles. The summed E-state index contributed by atoms with van der Waals surface area (Å²) in [5.41, 5.74) is 8.41. The minimum Gasteiger partial charge on any atom is -0.256 e. The topological polar surface area (TPSA) is 12.9 Å². The molecule has 0 aliphatic heterocycles. The average molecular weight is 508 g/mol. The molecule has 0 spiro atoms. The molecule has 0 N–H and O–H groups in total. The van der Waals surface area contributed by atoms with Crippen LogP contribution < -0.4 is 0 Å². The van der Waals surface area contributed by atoms with E-state index in [4.69, 9.17) is 4.98 Å². The number of aromatic nitrogens is 1. The number of fused-ring (bicyclic) bond motifs is 5. The van der Waals surface area contributed by atoms with E-state index in [2.05, 4.69) is 152 Å². The summed E-state index contributed by atoms with van der Waals surface area (Å²) in [6.07, 6.45) is 2.08. The zero-order valence-corrected chi connectivity index (χ0v) is 21.9. The molecule has 0 saturated carbocycles. The molecule has 1 nitrogen and oxygen atoms in total. The lowest BCUT2D eigenvalue weighted by molar-refractivity contribution is 1.45. The van der Waals surface area contributed by atoms with Gasteiger partial charge < -0.3 is 0 Å². The Labute approximate surface area is 233 Å². The van der Waals surface area contributed by atoms with Crippen LogP contribution in [0.2, 0.25) is 0 Å². The SMILES string of the molecule is c1ccc(-c2ccc3cc(-c4c5ccccc5c(-c5ccccc5)c5c4cnc4ccccc45)ccc3c2)cc1. The van der Waals surface area contributed by atoms with Crippen LogP contribution in [0.1, 0.15) is 0 Å². The second kappa shape index (κ2) is 9.18. The van der Waals surface area contributed by atoms with Gasteiger partial charge in [0, 0.05) is 22.4 Å². The number of rotatable bonds is 3. The highest BCUT2D eigenvalue weighted by atomic mass is 14.6. The summed E-state index contributed by atoms with van der Waals surface area (Å²) in [5, 5.41) is 8.58. The molecule has 40 heavy (non-hydrogen) atoms. The van der Waals surface area contributed by atoms with Crippen LogP contribution in [0, 0.1) is 0 Å². The van der Waals surface area contributed by atoms with Crippen molar-refractivity contribution >= 4 is 43.2 Å². The van der Waals surface area contributed by atoms with E-state index in [0.717, 1.165) is 5.52 Å². The molecule has 0 atom stereocenters. The predicted molar refractivity (Wildman–Crippen MR) is 171 cm³/mol. The monoisotopic (exact) mass is 507 g/mol. The van der Waals surface area contributed by atoms with E-state index in [9.17, 15) is 0 Å². The van der Waals surface area contributed by atoms with E-state index in [0.29, 0.717) is 0 Å². The molecular weight excluding hydrogens is 482 g/mol. The quantitative estimate of drug-likeness (QED) is 0.171. The first kappa shape index (κ1) is 22.7. The van der Waals surface area contributed by atoms with Crippen LogP contribution in [-0.2, 0) is 0 Å². The van der Waals surface area contributed by atoms with Gasteiger partial charge in [-0.1, -0.05) is 127 Å². The lowest BCUT2D eigenvalue weighted by Gasteiger charge is -2.19. The number of hydrogen-bond acceptors (Lipinski definition) is 1. The summed E-state index contributed by atoms with van der Waals surface area (Å²) >= 11 is 0. The fraction of sp³-hybridized carbons (Fsp3) is 0. The van der Waals surface area contributed by atoms with Gasteiger partial charge in [-0.15, -0.1) is 0 Å². The molecule has 0 aliphatic carbocycles. The van der Waals surface area contributed by atoms with Gasteiger partial charge in [0.2, 0.25) is 0 Å². The standard InChI is InChI=1S/C39H25N/c1-3-11-26(12-4-1)28-19-20-30-24-31(22-21-29(30)23-28)37-32-15-7-8-16-33(32)38(27-13-5-2-6-14-27)39-34-17-9-10-18-36(34)40-25-35(37)39/h1-25H. The molecule has 186 valence electrons. The molecule has 0 bridgehead atoms. The normalized spacial score (nSPS) is 11.5. The summed E-state index contributed by atoms with van der Waals surface area (Å²) in [7, 11) is 0. The highest BCUT2D eigenvalue weighted by molar-refractivity contribution is 6.27. The second-order valence-electron chi connectivity index (χ2n) is 10.4. The van der Waals surface area contributed by atoms with Crippen molar-refractivity contribution in [3.63, 3.8) is 0 Å². The van der Waals surface area contributed by atoms with E-state index in [1.54, 1.807) is 0 Å². The maximum atomic E-state index is 4.94. The summed E-state index contributed by atoms with van der Waals surface area (Å²) in [5.74, 6) is 0. The largest absolute Gasteiger partial charge is 0.256 e. The van der Waals surface area contributed by atoms with Gasteiger partial charge in [0.25, 0.3) is 0 Å². The van der Waals surface area contributed by atoms with Crippen LogP contribution in [-0.4, -0.2) is 4.98 Å². The van der Waals surface area contributed by atoms with Gasteiger partial charge >= 0.3 is 0 Å². The molecule has 0 aliphatic rings. The number of benzene rings is 7. The highest BCUT2D eigenvalue weighted by Crippen LogP contribution is 2.46. The van der Waals surface area contributed by atoms with E-state index >= 15 is 0 Å². The van der Waals surface area contributed by atoms with Crippen LogP contribution in [0.3, 0.4) is 0 Å². The number of pyridine rings is 1. The zero-order chi connectivity index (χ0) is 26.5. The first-order valence-corrected chi connectivity index (χ1v) is 13.7. The van der Waals surface area contributed by atoms with Crippen LogP contribution in [0.5, 0.6) is 0 Å². The van der Waals surface area contributed by atoms with Gasteiger partial charge in [0.05, 0.1) is 5.52 Å². The van der Waals surface area contributed by atoms with Crippen molar-refractivity contribution in [3.8, 4) is 33.4 Å². The zero-order valence-electron chi connectivity index (χ0n) is 21.9. The Bertz CT molecular complexity index is 2200. The Kier molecular flexibility index (Phi) is 5.21. The molecule has 7 aromatic carbocycles. The maximum Gasteiger partial charge on any atom is 0.0708 e. The third-order valence-corrected chi connectivity index (χ3v) is 8.06. The van der Waals surface area contributed by atoms with Gasteiger partial charge in [-0.25, -0.2) is 0 Å². The number of para-hydroxylation sites is 1. The van der Waals surface area contributed by atoms with Crippen molar-refractivity contribution in [1.82, 2.24) is 4.98 Å². The van der Waals surface area contributed by atoms with E-state index < -0.39 is 0 Å². The van der Waals surface area contributed by atoms with Crippen molar-refractivity contribution in [2.75, 3.05) is 0 Å². The predicted octanol–water partition coefficient (Wildman–Crippen LogP) is 10.7. The third-order valence-electron chi connectivity index (χ3n) is 8.06. The molecule has 0 radical (unpaired) electrons. The fourth-order valence-electron chi connectivity index (χ4n) is 6.23. The number of nitrogens with zero attached hydrogens (tertiary/aromatic N) is 1. The Balaban J connectivity index is 1.46. The number of hydrogen-bond donors (Lipinski definition) is 0. The van der Waals surface area contributed by atoms with Gasteiger partial charge in [-0.3, -0.25) is 4.98 Å². The molecule has 0 amide bonds. The van der Waals surface area contributed by atoms with Crippen LogP contribution in [0.15, 0.2) is 152 Å². The summed E-state index contributed by atoms with van der Waals surface area (Å²) < 4.78 is 0. The molecule has 8 rings (SSSR count). The van der Waals surface area contributed by atoms with Gasteiger partial charge in [-0.2, -0.15) is 0 Å². The summed E-state index contributed by atoms with van der Waals surface area (Å²) in [6.45, 7) is 0. The summed E-state index contributed by atoms with van der Waals surface area (Å²) in [6, 6.07) is 52.3. The third kappa shape index (κ3) is 3.60. The molecule has 0 unspecified atom stereocenters. The van der Waals surface area contributed by atoms with Crippen molar-refractivity contribution < 1.29 is 0 Å². The van der Waals surface area contributed by atoms with Crippen LogP contribution >= 0.6 is 0 Å². The van der Waals surface area contributed by atoms with Crippen molar-refractivity contribution in [2.24, 2.45) is 0 Å². The Morgan fingerprint density at radius 2 is 0.900 bits per heavy atom. The van der Waals surface area contributed by atoms with Crippen LogP contribution in [0.25, 0.3) is 76.6 Å². The van der Waals surface area contributed by atoms with E-state index in [1.165, 1.54) is 71.1 Å². The molecule has 0 saturated heterocycles. The van der Waals surface area contributed by atoms with E-state index in [1.807, 2.05) is 0 Å².